The first-order chi connectivity index (χ1) is 33.8. The highest BCUT2D eigenvalue weighted by atomic mass is 15.2. The van der Waals surface area contributed by atoms with E-state index in [1.807, 2.05) is 0 Å². The van der Waals surface area contributed by atoms with Gasteiger partial charge in [-0.25, -0.2) is 0 Å². The normalized spacial score (nSPS) is 20.3. The molecule has 0 fully saturated rings. The number of hydrogen-bond donors (Lipinski definition) is 0. The molecule has 0 N–H and O–H groups in total. The van der Waals surface area contributed by atoms with Gasteiger partial charge in [-0.15, -0.1) is 0 Å². The zero-order chi connectivity index (χ0) is 47.6. The van der Waals surface area contributed by atoms with E-state index in [0.717, 1.165) is 12.8 Å². The van der Waals surface area contributed by atoms with Crippen LogP contribution in [0.3, 0.4) is 0 Å². The number of hydrogen-bond acceptors (Lipinski definition) is 2. The Morgan fingerprint density at radius 2 is 1.00 bits per heavy atom. The highest BCUT2D eigenvalue weighted by Crippen LogP contribution is 2.68. The Morgan fingerprint density at radius 3 is 1.60 bits per heavy atom. The van der Waals surface area contributed by atoms with Crippen molar-refractivity contribution in [2.24, 2.45) is 5.41 Å². The third-order valence-electron chi connectivity index (χ3n) is 18.2. The van der Waals surface area contributed by atoms with Gasteiger partial charge in [-0.05, 0) is 186 Å². The summed E-state index contributed by atoms with van der Waals surface area (Å²) in [6, 6.07) is 61.8. The molecular formula is C68H60N2. The summed E-state index contributed by atoms with van der Waals surface area (Å²) in [5, 5.41) is 2.82. The molecule has 14 rings (SSSR count). The highest BCUT2D eigenvalue weighted by Gasteiger charge is 2.54. The van der Waals surface area contributed by atoms with E-state index in [-0.39, 0.29) is 27.7 Å². The van der Waals surface area contributed by atoms with Gasteiger partial charge in [0.15, 0.2) is 0 Å². The average molecular weight is 905 g/mol. The molecule has 0 saturated carbocycles. The topological polar surface area (TPSA) is 6.48 Å². The molecule has 8 aromatic carbocycles. The maximum atomic E-state index is 2.67. The van der Waals surface area contributed by atoms with Crippen LogP contribution < -0.4 is 9.80 Å². The summed E-state index contributed by atoms with van der Waals surface area (Å²) in [6.07, 6.45) is 9.76. The van der Waals surface area contributed by atoms with Crippen molar-refractivity contribution in [3.63, 3.8) is 0 Å². The second kappa shape index (κ2) is 14.2. The number of nitrogens with zero attached hydrogens (tertiary/aromatic N) is 2. The van der Waals surface area contributed by atoms with Gasteiger partial charge in [-0.2, -0.15) is 0 Å². The van der Waals surface area contributed by atoms with E-state index < -0.39 is 0 Å². The fourth-order valence-corrected chi connectivity index (χ4v) is 14.6. The second-order valence-electron chi connectivity index (χ2n) is 23.2. The van der Waals surface area contributed by atoms with E-state index in [4.69, 9.17) is 0 Å². The zero-order valence-electron chi connectivity index (χ0n) is 41.8. The lowest BCUT2D eigenvalue weighted by atomic mass is 9.57. The van der Waals surface area contributed by atoms with Gasteiger partial charge in [0, 0.05) is 44.7 Å². The van der Waals surface area contributed by atoms with Gasteiger partial charge in [0.1, 0.15) is 0 Å². The van der Waals surface area contributed by atoms with Gasteiger partial charge < -0.3 is 9.80 Å². The quantitative estimate of drug-likeness (QED) is 0.157. The van der Waals surface area contributed by atoms with Crippen LogP contribution in [-0.4, -0.2) is 6.04 Å². The monoisotopic (exact) mass is 904 g/mol. The van der Waals surface area contributed by atoms with Crippen molar-refractivity contribution in [2.45, 2.75) is 96.4 Å². The van der Waals surface area contributed by atoms with Crippen LogP contribution in [-0.2, 0) is 16.2 Å². The predicted molar refractivity (Wildman–Crippen MR) is 295 cm³/mol. The molecule has 0 spiro atoms. The highest BCUT2D eigenvalue weighted by molar-refractivity contribution is 6.15. The molecule has 0 saturated heterocycles. The summed E-state index contributed by atoms with van der Waals surface area (Å²) in [5.74, 6) is 0.378. The summed E-state index contributed by atoms with van der Waals surface area (Å²) in [4.78, 5) is 5.06. The first kappa shape index (κ1) is 41.8. The van der Waals surface area contributed by atoms with Crippen LogP contribution in [0.15, 0.2) is 187 Å². The molecule has 70 heavy (non-hydrogen) atoms. The van der Waals surface area contributed by atoms with Crippen molar-refractivity contribution in [1.82, 2.24) is 0 Å². The maximum Gasteiger partial charge on any atom is 0.0566 e. The number of para-hydroxylation sites is 4. The van der Waals surface area contributed by atoms with Crippen LogP contribution in [0.5, 0.6) is 0 Å². The molecule has 0 amide bonds. The average Bonchev–Trinajstić information content (AvgIpc) is 3.75. The third-order valence-corrected chi connectivity index (χ3v) is 18.2. The van der Waals surface area contributed by atoms with E-state index >= 15 is 0 Å². The van der Waals surface area contributed by atoms with Crippen LogP contribution in [0.4, 0.5) is 28.4 Å². The summed E-state index contributed by atoms with van der Waals surface area (Å²) in [6.45, 7) is 20.1. The largest absolute Gasteiger partial charge is 0.334 e. The van der Waals surface area contributed by atoms with Gasteiger partial charge >= 0.3 is 0 Å². The summed E-state index contributed by atoms with van der Waals surface area (Å²) in [5.41, 5.74) is 27.4. The lowest BCUT2D eigenvalue weighted by molar-refractivity contribution is 0.328. The number of allylic oxidation sites excluding steroid dienone is 3. The van der Waals surface area contributed by atoms with Crippen molar-refractivity contribution < 1.29 is 0 Å². The minimum Gasteiger partial charge on any atom is -0.334 e. The second-order valence-corrected chi connectivity index (χ2v) is 23.2. The molecule has 8 aromatic rings. The SMILES string of the molecule is CC1(C)C2=CC(N(c3ccccc3)c3ccccc3)CC3=C2c2c1cc(-c1cc4c5c6c(cccc16)C(C)(C)c1cc(N(c6ccccc6)c6ccccc6)cc(c1-5)C4(C)C)c1c2C(CC=C1)C3(C)C. The standard InChI is InChI=1S/C68H60N2/c1-65(2)51-33-21-31-47-49(39-57-63(59(47)51)61-53(65)35-45(37-55(61)67(57,5)6)69(41-23-13-9-14-24-41)42-25-15-10-16-26-42)50-40-58-64-60-48(50)32-22-34-52(60)66(3,4)54-36-46(38-56(62(54)64)68(58,7)8)70(43-27-17-11-18-28-43)44-29-19-12-20-30-44/h9-33,35,37-40,46,52H,34,36H2,1-8H3. The molecule has 0 heterocycles. The van der Waals surface area contributed by atoms with Gasteiger partial charge in [0.05, 0.1) is 6.04 Å². The molecule has 6 aliphatic carbocycles. The van der Waals surface area contributed by atoms with Crippen molar-refractivity contribution in [1.29, 1.82) is 0 Å². The summed E-state index contributed by atoms with van der Waals surface area (Å²) >= 11 is 0. The predicted octanol–water partition coefficient (Wildman–Crippen LogP) is 18.0. The molecule has 0 radical (unpaired) electrons. The van der Waals surface area contributed by atoms with E-state index in [2.05, 4.69) is 247 Å². The first-order valence-corrected chi connectivity index (χ1v) is 25.7. The molecule has 2 heteroatoms. The number of rotatable bonds is 7. The molecule has 342 valence electrons. The molecule has 0 aromatic heterocycles. The Kier molecular flexibility index (Phi) is 8.49. The van der Waals surface area contributed by atoms with Gasteiger partial charge in [-0.1, -0.05) is 170 Å². The van der Waals surface area contributed by atoms with Crippen LogP contribution >= 0.6 is 0 Å². The fraction of sp³-hybridized carbons (Fsp3) is 0.235. The zero-order valence-corrected chi connectivity index (χ0v) is 41.8. The lowest BCUT2D eigenvalue weighted by Crippen LogP contribution is -2.39. The minimum absolute atomic E-state index is 0.0435. The van der Waals surface area contributed by atoms with Gasteiger partial charge in [-0.3, -0.25) is 0 Å². The van der Waals surface area contributed by atoms with Crippen molar-refractivity contribution >= 4 is 50.9 Å². The Labute approximate surface area is 414 Å². The Morgan fingerprint density at radius 1 is 0.471 bits per heavy atom. The van der Waals surface area contributed by atoms with E-state index in [9.17, 15) is 0 Å². The van der Waals surface area contributed by atoms with E-state index in [0.29, 0.717) is 5.92 Å². The molecule has 0 aliphatic heterocycles. The maximum absolute atomic E-state index is 2.67. The smallest absolute Gasteiger partial charge is 0.0566 e. The molecular weight excluding hydrogens is 845 g/mol. The van der Waals surface area contributed by atoms with Crippen LogP contribution in [0.25, 0.3) is 44.7 Å². The molecule has 0 bridgehead atoms. The molecule has 2 atom stereocenters. The summed E-state index contributed by atoms with van der Waals surface area (Å²) < 4.78 is 0. The molecule has 2 unspecified atom stereocenters. The molecule has 2 nitrogen and oxygen atoms in total. The Bertz CT molecular complexity index is 3560. The van der Waals surface area contributed by atoms with E-state index in [1.165, 1.54) is 100 Å². The van der Waals surface area contributed by atoms with Crippen molar-refractivity contribution in [3.8, 4) is 22.3 Å². The Hall–Kier alpha value is -7.16. The number of benzene rings is 8. The Balaban J connectivity index is 0.996. The van der Waals surface area contributed by atoms with Crippen LogP contribution in [0, 0.1) is 5.41 Å². The lowest BCUT2D eigenvalue weighted by Gasteiger charge is -2.48. The first-order valence-electron chi connectivity index (χ1n) is 25.7. The van der Waals surface area contributed by atoms with Crippen LogP contribution in [0.2, 0.25) is 0 Å². The van der Waals surface area contributed by atoms with Gasteiger partial charge in [0.25, 0.3) is 0 Å². The van der Waals surface area contributed by atoms with Gasteiger partial charge in [0.2, 0.25) is 0 Å². The number of anilines is 5. The van der Waals surface area contributed by atoms with Crippen LogP contribution in [0.1, 0.15) is 119 Å². The van der Waals surface area contributed by atoms with Crippen molar-refractivity contribution in [3.05, 3.63) is 232 Å². The summed E-state index contributed by atoms with van der Waals surface area (Å²) in [7, 11) is 0. The third kappa shape index (κ3) is 5.40. The minimum atomic E-state index is -0.245. The van der Waals surface area contributed by atoms with Crippen molar-refractivity contribution in [2.75, 3.05) is 9.80 Å². The van der Waals surface area contributed by atoms with E-state index in [1.54, 1.807) is 22.3 Å². The fourth-order valence-electron chi connectivity index (χ4n) is 14.6. The molecule has 6 aliphatic rings.